The number of likely N-dealkylation sites (tertiary alicyclic amines) is 2. The van der Waals surface area contributed by atoms with E-state index in [1.165, 1.54) is 9.80 Å². The number of aryl methyl sites for hydroxylation is 2. The molecule has 3 heterocycles. The van der Waals surface area contributed by atoms with E-state index in [0.29, 0.717) is 52.6 Å². The summed E-state index contributed by atoms with van der Waals surface area (Å²) in [6.45, 7) is 4.11. The zero-order valence-electron chi connectivity index (χ0n) is 30.6. The summed E-state index contributed by atoms with van der Waals surface area (Å²) >= 11 is 0. The van der Waals surface area contributed by atoms with Crippen molar-refractivity contribution in [2.75, 3.05) is 23.7 Å². The van der Waals surface area contributed by atoms with Crippen LogP contribution in [0.1, 0.15) is 58.5 Å². The molecule has 55 heavy (non-hydrogen) atoms. The van der Waals surface area contributed by atoms with Gasteiger partial charge in [-0.25, -0.2) is 4.98 Å². The topological polar surface area (TPSA) is 165 Å². The van der Waals surface area contributed by atoms with Gasteiger partial charge >= 0.3 is 0 Å². The van der Waals surface area contributed by atoms with E-state index in [9.17, 15) is 29.4 Å². The summed E-state index contributed by atoms with van der Waals surface area (Å²) in [5.74, 6) is -0.438. The second-order valence-electron chi connectivity index (χ2n) is 13.9. The number of aromatic nitrogens is 1. The number of benzene rings is 4. The van der Waals surface area contributed by atoms with Gasteiger partial charge < -0.3 is 35.1 Å². The lowest BCUT2D eigenvalue weighted by atomic mass is 10.0. The first-order chi connectivity index (χ1) is 26.6. The monoisotopic (exact) mass is 741 g/mol. The molecule has 0 aliphatic carbocycles. The zero-order valence-corrected chi connectivity index (χ0v) is 30.6. The number of nitrogens with zero attached hydrogens (tertiary/aromatic N) is 3. The van der Waals surface area contributed by atoms with E-state index in [-0.39, 0.29) is 49.6 Å². The number of aliphatic hydroxyl groups is 2. The Morgan fingerprint density at radius 1 is 0.655 bits per heavy atom. The molecule has 7 rings (SSSR count). The maximum atomic E-state index is 13.4. The minimum atomic E-state index is -0.815. The van der Waals surface area contributed by atoms with Crippen LogP contribution in [0.4, 0.5) is 11.4 Å². The third kappa shape index (κ3) is 7.91. The molecular formula is C43H43N5O7. The maximum Gasteiger partial charge on any atom is 0.254 e. The largest absolute Gasteiger partial charge is 0.436 e. The molecule has 2 fully saturated rings. The van der Waals surface area contributed by atoms with Gasteiger partial charge in [0.05, 0.1) is 18.4 Å². The molecule has 0 spiro atoms. The van der Waals surface area contributed by atoms with Gasteiger partial charge in [-0.15, -0.1) is 0 Å². The Labute approximate surface area is 318 Å². The van der Waals surface area contributed by atoms with Crippen molar-refractivity contribution in [3.63, 3.8) is 0 Å². The predicted octanol–water partition coefficient (Wildman–Crippen LogP) is 5.56. The molecule has 4 unspecified atom stereocenters. The average molecular weight is 742 g/mol. The number of amides is 4. The Kier molecular flexibility index (Phi) is 10.9. The SMILES string of the molecule is CCc1ccccc1C(=O)N1CC(O)CC1C(=O)Nc1ccc(-c2cnc(-c3ccc(NC(=O)C4CC(O)CN4C(=O)c4ccccc4CC)cc3)o2)cc1. The molecule has 1 aromatic heterocycles. The van der Waals surface area contributed by atoms with Crippen molar-refractivity contribution >= 4 is 35.0 Å². The van der Waals surface area contributed by atoms with Crippen LogP contribution in [0.5, 0.6) is 0 Å². The second-order valence-corrected chi connectivity index (χ2v) is 13.9. The molecule has 4 amide bonds. The molecule has 2 aliphatic heterocycles. The molecule has 4 atom stereocenters. The summed E-state index contributed by atoms with van der Waals surface area (Å²) in [6, 6.07) is 27.0. The third-order valence-corrected chi connectivity index (χ3v) is 10.3. The Hall–Kier alpha value is -6.11. The summed E-state index contributed by atoms with van der Waals surface area (Å²) in [5.41, 5.74) is 5.29. The van der Waals surface area contributed by atoms with E-state index in [0.717, 1.165) is 16.7 Å². The van der Waals surface area contributed by atoms with Gasteiger partial charge in [0.15, 0.2) is 5.76 Å². The Bertz CT molecular complexity index is 2050. The number of aliphatic hydroxyl groups excluding tert-OH is 2. The summed E-state index contributed by atoms with van der Waals surface area (Å²) < 4.78 is 6.06. The van der Waals surface area contributed by atoms with Crippen LogP contribution in [0.3, 0.4) is 0 Å². The van der Waals surface area contributed by atoms with Crippen LogP contribution in [-0.2, 0) is 22.4 Å². The summed E-state index contributed by atoms with van der Waals surface area (Å²) in [5, 5.41) is 26.6. The van der Waals surface area contributed by atoms with Crippen molar-refractivity contribution in [3.8, 4) is 22.8 Å². The van der Waals surface area contributed by atoms with Crippen LogP contribution in [0.25, 0.3) is 22.8 Å². The Morgan fingerprint density at radius 3 is 1.55 bits per heavy atom. The number of hydrogen-bond donors (Lipinski definition) is 4. The molecule has 12 nitrogen and oxygen atoms in total. The number of nitrogens with one attached hydrogen (secondary N) is 2. The van der Waals surface area contributed by atoms with Crippen LogP contribution < -0.4 is 10.6 Å². The van der Waals surface area contributed by atoms with E-state index in [1.807, 2.05) is 38.1 Å². The van der Waals surface area contributed by atoms with Crippen molar-refractivity contribution in [2.24, 2.45) is 0 Å². The molecule has 2 saturated heterocycles. The molecule has 2 aliphatic rings. The van der Waals surface area contributed by atoms with Crippen molar-refractivity contribution in [1.82, 2.24) is 14.8 Å². The minimum Gasteiger partial charge on any atom is -0.436 e. The predicted molar refractivity (Wildman–Crippen MR) is 207 cm³/mol. The molecule has 4 N–H and O–H groups in total. The van der Waals surface area contributed by atoms with E-state index in [1.54, 1.807) is 79.0 Å². The fraction of sp³-hybridized carbons (Fsp3) is 0.279. The number of anilines is 2. The fourth-order valence-electron chi connectivity index (χ4n) is 7.36. The molecular weight excluding hydrogens is 699 g/mol. The van der Waals surface area contributed by atoms with E-state index < -0.39 is 24.3 Å². The number of hydrogen-bond acceptors (Lipinski definition) is 8. The van der Waals surface area contributed by atoms with Gasteiger partial charge in [-0.1, -0.05) is 50.2 Å². The lowest BCUT2D eigenvalue weighted by Gasteiger charge is -2.24. The van der Waals surface area contributed by atoms with Gasteiger partial charge in [-0.3, -0.25) is 19.2 Å². The van der Waals surface area contributed by atoms with E-state index in [2.05, 4.69) is 15.6 Å². The maximum absolute atomic E-state index is 13.4. The van der Waals surface area contributed by atoms with Gasteiger partial charge in [-0.05, 0) is 84.6 Å². The second kappa shape index (κ2) is 16.1. The van der Waals surface area contributed by atoms with Gasteiger partial charge in [0.25, 0.3) is 11.8 Å². The van der Waals surface area contributed by atoms with Gasteiger partial charge in [0.2, 0.25) is 17.7 Å². The normalized spacial score (nSPS) is 19.3. The smallest absolute Gasteiger partial charge is 0.254 e. The molecule has 4 aromatic carbocycles. The van der Waals surface area contributed by atoms with Crippen molar-refractivity contribution < 1.29 is 33.8 Å². The first-order valence-corrected chi connectivity index (χ1v) is 18.6. The molecule has 0 radical (unpaired) electrons. The van der Waals surface area contributed by atoms with Crippen LogP contribution >= 0.6 is 0 Å². The quantitative estimate of drug-likeness (QED) is 0.145. The lowest BCUT2D eigenvalue weighted by Crippen LogP contribution is -2.43. The van der Waals surface area contributed by atoms with Gasteiger partial charge in [0.1, 0.15) is 12.1 Å². The molecule has 12 heteroatoms. The van der Waals surface area contributed by atoms with Crippen molar-refractivity contribution in [2.45, 2.75) is 63.8 Å². The Balaban J connectivity index is 0.969. The molecule has 5 aromatic rings. The van der Waals surface area contributed by atoms with Crippen LogP contribution in [-0.4, -0.2) is 86.0 Å². The van der Waals surface area contributed by atoms with Crippen LogP contribution in [0.2, 0.25) is 0 Å². The van der Waals surface area contributed by atoms with Crippen molar-refractivity contribution in [1.29, 1.82) is 0 Å². The van der Waals surface area contributed by atoms with Gasteiger partial charge in [0, 0.05) is 59.6 Å². The van der Waals surface area contributed by atoms with Gasteiger partial charge in [-0.2, -0.15) is 0 Å². The highest BCUT2D eigenvalue weighted by Gasteiger charge is 2.41. The number of oxazole rings is 1. The molecule has 0 bridgehead atoms. The summed E-state index contributed by atoms with van der Waals surface area (Å²) in [4.78, 5) is 60.9. The van der Waals surface area contributed by atoms with Crippen LogP contribution in [0.15, 0.2) is 108 Å². The highest BCUT2D eigenvalue weighted by Crippen LogP contribution is 2.30. The number of β-amino-alcohol motifs (C(OH)–C–C–N with tert-alkyl or cyclic N) is 2. The standard InChI is InChI=1S/C43H43N5O7/c1-3-26-9-5-7-11-34(26)42(53)47-24-32(49)21-36(47)39(51)45-30-17-13-28(14-18-30)38-23-44-41(55-38)29-15-19-31(20-16-29)46-40(52)37-22-33(50)25-48(37)43(54)35-12-8-6-10-27(35)4-2/h5-20,23,32-33,36-37,49-50H,3-4,21-22,24-25H2,1-2H3,(H,45,51)(H,46,52). The fourth-order valence-corrected chi connectivity index (χ4v) is 7.36. The van der Waals surface area contributed by atoms with E-state index >= 15 is 0 Å². The lowest BCUT2D eigenvalue weighted by molar-refractivity contribution is -0.120. The highest BCUT2D eigenvalue weighted by atomic mass is 16.4. The number of rotatable bonds is 10. The van der Waals surface area contributed by atoms with Crippen LogP contribution in [0, 0.1) is 0 Å². The third-order valence-electron chi connectivity index (χ3n) is 10.3. The summed E-state index contributed by atoms with van der Waals surface area (Å²) in [6.07, 6.45) is 1.65. The number of carbonyl (C=O) groups excluding carboxylic acids is 4. The molecule has 282 valence electrons. The van der Waals surface area contributed by atoms with E-state index in [4.69, 9.17) is 4.42 Å². The highest BCUT2D eigenvalue weighted by molar-refractivity contribution is 6.03. The molecule has 0 saturated carbocycles. The summed E-state index contributed by atoms with van der Waals surface area (Å²) in [7, 11) is 0. The minimum absolute atomic E-state index is 0.0825. The number of carbonyl (C=O) groups is 4. The zero-order chi connectivity index (χ0) is 38.6. The van der Waals surface area contributed by atoms with Crippen molar-refractivity contribution in [3.05, 3.63) is 126 Å². The Morgan fingerprint density at radius 2 is 1.09 bits per heavy atom. The average Bonchev–Trinajstić information content (AvgIpc) is 3.96. The first kappa shape index (κ1) is 37.2. The first-order valence-electron chi connectivity index (χ1n) is 18.6.